The van der Waals surface area contributed by atoms with Crippen molar-refractivity contribution in [3.05, 3.63) is 0 Å². The van der Waals surface area contributed by atoms with Crippen molar-refractivity contribution in [2.24, 2.45) is 0 Å². The van der Waals surface area contributed by atoms with E-state index in [-0.39, 0.29) is 0 Å². The standard InChI is InChI=1S/C8H15F3N2O4/c9-8(10,11)2-12-6(17)1-13-7(3-14,4-15)5-16/h13-16H,1-5H2,(H,12,17). The van der Waals surface area contributed by atoms with Gasteiger partial charge in [0.05, 0.1) is 31.9 Å². The van der Waals surface area contributed by atoms with Gasteiger partial charge in [0, 0.05) is 0 Å². The highest BCUT2D eigenvalue weighted by Crippen LogP contribution is 2.11. The van der Waals surface area contributed by atoms with E-state index in [1.807, 2.05) is 0 Å². The summed E-state index contributed by atoms with van der Waals surface area (Å²) in [4.78, 5) is 11.0. The molecule has 0 spiro atoms. The van der Waals surface area contributed by atoms with Crippen LogP contribution in [0.3, 0.4) is 0 Å². The minimum absolute atomic E-state index is 0.558. The van der Waals surface area contributed by atoms with Crippen LogP contribution in [0.15, 0.2) is 0 Å². The van der Waals surface area contributed by atoms with Crippen LogP contribution in [0.2, 0.25) is 0 Å². The van der Waals surface area contributed by atoms with Crippen molar-refractivity contribution in [3.63, 3.8) is 0 Å². The normalized spacial score (nSPS) is 12.6. The van der Waals surface area contributed by atoms with Crippen LogP contribution in [0.25, 0.3) is 0 Å². The molecule has 9 heteroatoms. The van der Waals surface area contributed by atoms with Crippen LogP contribution in [0.4, 0.5) is 13.2 Å². The Morgan fingerprint density at radius 1 is 1.06 bits per heavy atom. The first kappa shape index (κ1) is 16.1. The lowest BCUT2D eigenvalue weighted by Gasteiger charge is -2.28. The van der Waals surface area contributed by atoms with Gasteiger partial charge in [0.25, 0.3) is 0 Å². The maximum atomic E-state index is 11.7. The number of aliphatic hydroxyl groups excluding tert-OH is 3. The zero-order valence-corrected chi connectivity index (χ0v) is 8.92. The number of aliphatic hydroxyl groups is 3. The molecule has 0 aromatic rings. The van der Waals surface area contributed by atoms with Crippen molar-refractivity contribution in [1.29, 1.82) is 0 Å². The monoisotopic (exact) mass is 260 g/mol. The minimum Gasteiger partial charge on any atom is -0.394 e. The second-order valence-electron chi connectivity index (χ2n) is 3.50. The van der Waals surface area contributed by atoms with Crippen LogP contribution in [0.5, 0.6) is 0 Å². The third kappa shape index (κ3) is 6.41. The van der Waals surface area contributed by atoms with Crippen molar-refractivity contribution in [3.8, 4) is 0 Å². The summed E-state index contributed by atoms with van der Waals surface area (Å²) in [7, 11) is 0. The van der Waals surface area contributed by atoms with Gasteiger partial charge in [-0.25, -0.2) is 0 Å². The molecule has 0 aliphatic heterocycles. The summed E-state index contributed by atoms with van der Waals surface area (Å²) in [5.41, 5.74) is -1.49. The van der Waals surface area contributed by atoms with Crippen LogP contribution >= 0.6 is 0 Å². The first-order chi connectivity index (χ1) is 7.78. The number of halogens is 3. The van der Waals surface area contributed by atoms with Gasteiger partial charge in [0.2, 0.25) is 5.91 Å². The molecule has 0 bridgehead atoms. The Morgan fingerprint density at radius 2 is 1.53 bits per heavy atom. The van der Waals surface area contributed by atoms with E-state index in [1.54, 1.807) is 5.32 Å². The molecule has 1 amide bonds. The summed E-state index contributed by atoms with van der Waals surface area (Å²) in [6, 6.07) is 0. The van der Waals surface area contributed by atoms with Crippen molar-refractivity contribution in [1.82, 2.24) is 10.6 Å². The SMILES string of the molecule is O=C(CNC(CO)(CO)CO)NCC(F)(F)F. The lowest BCUT2D eigenvalue weighted by Crippen LogP contribution is -2.57. The number of carbonyl (C=O) groups is 1. The summed E-state index contributed by atoms with van der Waals surface area (Å²) in [6.45, 7) is -4.00. The van der Waals surface area contributed by atoms with E-state index in [4.69, 9.17) is 15.3 Å². The highest BCUT2D eigenvalue weighted by Gasteiger charge is 2.30. The van der Waals surface area contributed by atoms with Gasteiger partial charge in [0.1, 0.15) is 6.54 Å². The highest BCUT2D eigenvalue weighted by molar-refractivity contribution is 5.78. The molecule has 0 unspecified atom stereocenters. The number of amides is 1. The van der Waals surface area contributed by atoms with E-state index in [0.29, 0.717) is 0 Å². The molecule has 0 aliphatic carbocycles. The van der Waals surface area contributed by atoms with E-state index >= 15 is 0 Å². The number of hydrogen-bond acceptors (Lipinski definition) is 5. The number of nitrogens with one attached hydrogen (secondary N) is 2. The number of hydrogen-bond donors (Lipinski definition) is 5. The Labute approximate surface area is 95.4 Å². The molecule has 0 saturated heterocycles. The zero-order valence-electron chi connectivity index (χ0n) is 8.92. The number of rotatable bonds is 7. The number of alkyl halides is 3. The Bertz CT molecular complexity index is 235. The van der Waals surface area contributed by atoms with Gasteiger partial charge in [0.15, 0.2) is 0 Å². The molecule has 0 saturated carbocycles. The predicted octanol–water partition coefficient (Wildman–Crippen LogP) is -2.03. The van der Waals surface area contributed by atoms with E-state index in [1.165, 1.54) is 0 Å². The predicted molar refractivity (Wildman–Crippen MR) is 51.1 cm³/mol. The first-order valence-electron chi connectivity index (χ1n) is 4.69. The number of carbonyl (C=O) groups excluding carboxylic acids is 1. The second kappa shape index (κ2) is 6.74. The average molecular weight is 260 g/mol. The van der Waals surface area contributed by atoms with Gasteiger partial charge in [-0.05, 0) is 0 Å². The van der Waals surface area contributed by atoms with Crippen LogP contribution in [-0.4, -0.2) is 65.9 Å². The van der Waals surface area contributed by atoms with Crippen LogP contribution in [0.1, 0.15) is 0 Å². The summed E-state index contributed by atoms with van der Waals surface area (Å²) in [6.07, 6.45) is -4.50. The lowest BCUT2D eigenvalue weighted by molar-refractivity contribution is -0.138. The third-order valence-electron chi connectivity index (χ3n) is 2.02. The molecule has 0 aliphatic rings. The van der Waals surface area contributed by atoms with Crippen molar-refractivity contribution in [2.75, 3.05) is 32.9 Å². The van der Waals surface area contributed by atoms with Gasteiger partial charge in [-0.3, -0.25) is 10.1 Å². The topological polar surface area (TPSA) is 102 Å². The molecule has 0 radical (unpaired) electrons. The van der Waals surface area contributed by atoms with Gasteiger partial charge in [-0.1, -0.05) is 0 Å². The Hall–Kier alpha value is -0.900. The first-order valence-corrected chi connectivity index (χ1v) is 4.69. The fraction of sp³-hybridized carbons (Fsp3) is 0.875. The van der Waals surface area contributed by atoms with Crippen molar-refractivity contribution >= 4 is 5.91 Å². The van der Waals surface area contributed by atoms with Crippen molar-refractivity contribution in [2.45, 2.75) is 11.7 Å². The summed E-state index contributed by atoms with van der Waals surface area (Å²) in [5, 5.41) is 30.4. The molecular formula is C8H15F3N2O4. The lowest BCUT2D eigenvalue weighted by atomic mass is 10.0. The van der Waals surface area contributed by atoms with E-state index < -0.39 is 50.5 Å². The molecule has 0 fully saturated rings. The zero-order chi connectivity index (χ0) is 13.5. The molecule has 0 atom stereocenters. The Morgan fingerprint density at radius 3 is 1.88 bits per heavy atom. The molecule has 0 heterocycles. The Balaban J connectivity index is 4.06. The molecular weight excluding hydrogens is 245 g/mol. The Kier molecular flexibility index (Phi) is 6.39. The van der Waals surface area contributed by atoms with Crippen LogP contribution in [0, 0.1) is 0 Å². The maximum Gasteiger partial charge on any atom is 0.405 e. The molecule has 0 aromatic heterocycles. The average Bonchev–Trinajstić information content (AvgIpc) is 2.28. The largest absolute Gasteiger partial charge is 0.405 e. The fourth-order valence-electron chi connectivity index (χ4n) is 0.847. The van der Waals surface area contributed by atoms with Crippen LogP contribution < -0.4 is 10.6 Å². The molecule has 0 rings (SSSR count). The highest BCUT2D eigenvalue weighted by atomic mass is 19.4. The molecule has 17 heavy (non-hydrogen) atoms. The van der Waals surface area contributed by atoms with Gasteiger partial charge in [-0.15, -0.1) is 0 Å². The van der Waals surface area contributed by atoms with E-state index in [0.717, 1.165) is 0 Å². The summed E-state index contributed by atoms with van der Waals surface area (Å²) in [5.74, 6) is -0.956. The smallest absolute Gasteiger partial charge is 0.394 e. The summed E-state index contributed by atoms with van der Waals surface area (Å²) < 4.78 is 35.2. The van der Waals surface area contributed by atoms with E-state index in [9.17, 15) is 18.0 Å². The quantitative estimate of drug-likeness (QED) is 0.363. The second-order valence-corrected chi connectivity index (χ2v) is 3.50. The van der Waals surface area contributed by atoms with E-state index in [2.05, 4.69) is 5.32 Å². The molecule has 0 aromatic carbocycles. The molecule has 102 valence electrons. The summed E-state index contributed by atoms with van der Waals surface area (Å²) >= 11 is 0. The molecule has 5 N–H and O–H groups in total. The minimum atomic E-state index is -4.50. The fourth-order valence-corrected chi connectivity index (χ4v) is 0.847. The maximum absolute atomic E-state index is 11.7. The van der Waals surface area contributed by atoms with Gasteiger partial charge in [-0.2, -0.15) is 13.2 Å². The molecule has 6 nitrogen and oxygen atoms in total. The van der Waals surface area contributed by atoms with Gasteiger partial charge >= 0.3 is 6.18 Å². The third-order valence-corrected chi connectivity index (χ3v) is 2.02. The van der Waals surface area contributed by atoms with Gasteiger partial charge < -0.3 is 20.6 Å². The van der Waals surface area contributed by atoms with Crippen LogP contribution in [-0.2, 0) is 4.79 Å². The van der Waals surface area contributed by atoms with Crippen molar-refractivity contribution < 1.29 is 33.3 Å².